The molecule has 0 radical (unpaired) electrons. The summed E-state index contributed by atoms with van der Waals surface area (Å²) in [5, 5.41) is 0. The molecular weight excluding hydrogens is 335 g/mol. The van der Waals surface area contributed by atoms with Crippen LogP contribution in [0.1, 0.15) is 39.5 Å². The Morgan fingerprint density at radius 1 is 1.47 bits per heavy atom. The van der Waals surface area contributed by atoms with Crippen LogP contribution in [0.4, 0.5) is 0 Å². The van der Waals surface area contributed by atoms with Gasteiger partial charge in [-0.15, -0.1) is 0 Å². The molecule has 2 saturated heterocycles. The molecule has 1 spiro atoms. The predicted molar refractivity (Wildman–Crippen MR) is 71.1 cm³/mol. The maximum absolute atomic E-state index is 11.1. The fourth-order valence-corrected chi connectivity index (χ4v) is 3.68. The molecule has 0 amide bonds. The van der Waals surface area contributed by atoms with Crippen molar-refractivity contribution in [3.63, 3.8) is 0 Å². The van der Waals surface area contributed by atoms with Gasteiger partial charge in [0, 0.05) is 19.8 Å². The number of carbonyl (C=O) groups excluding carboxylic acids is 1. The fraction of sp³-hybridized carbons (Fsp3) is 0.917. The van der Waals surface area contributed by atoms with E-state index >= 15 is 0 Å². The lowest BCUT2D eigenvalue weighted by Gasteiger charge is -2.48. The van der Waals surface area contributed by atoms with Gasteiger partial charge in [-0.3, -0.25) is 4.79 Å². The molecule has 98 valence electrons. The van der Waals surface area contributed by atoms with Crippen LogP contribution in [0.2, 0.25) is 0 Å². The van der Waals surface area contributed by atoms with Gasteiger partial charge in [0.25, 0.3) is 0 Å². The Morgan fingerprint density at radius 2 is 2.24 bits per heavy atom. The van der Waals surface area contributed by atoms with Crippen molar-refractivity contribution in [3.05, 3.63) is 0 Å². The molecule has 0 aliphatic carbocycles. The molecule has 5 heteroatoms. The van der Waals surface area contributed by atoms with Gasteiger partial charge in [-0.1, -0.05) is 22.6 Å². The van der Waals surface area contributed by atoms with Gasteiger partial charge >= 0.3 is 5.97 Å². The van der Waals surface area contributed by atoms with Crippen molar-refractivity contribution in [3.8, 4) is 0 Å². The molecule has 2 heterocycles. The molecule has 17 heavy (non-hydrogen) atoms. The second kappa shape index (κ2) is 5.40. The summed E-state index contributed by atoms with van der Waals surface area (Å²) in [4.78, 5) is 11.1. The summed E-state index contributed by atoms with van der Waals surface area (Å²) in [5.74, 6) is -0.770. The summed E-state index contributed by atoms with van der Waals surface area (Å²) < 4.78 is 17.4. The van der Waals surface area contributed by atoms with E-state index in [9.17, 15) is 4.79 Å². The Balaban J connectivity index is 2.12. The first kappa shape index (κ1) is 13.5. The van der Waals surface area contributed by atoms with Crippen LogP contribution in [-0.2, 0) is 19.0 Å². The average Bonchev–Trinajstić information content (AvgIpc) is 2.26. The van der Waals surface area contributed by atoms with Crippen LogP contribution >= 0.6 is 22.6 Å². The minimum absolute atomic E-state index is 0.0699. The average molecular weight is 354 g/mol. The van der Waals surface area contributed by atoms with E-state index < -0.39 is 5.79 Å². The van der Waals surface area contributed by atoms with Crippen LogP contribution < -0.4 is 0 Å². The highest BCUT2D eigenvalue weighted by atomic mass is 127. The number of hydrogen-bond acceptors (Lipinski definition) is 4. The van der Waals surface area contributed by atoms with Crippen LogP contribution in [0.15, 0.2) is 0 Å². The molecular formula is C12H19IO4. The summed E-state index contributed by atoms with van der Waals surface area (Å²) in [6, 6.07) is 0. The summed E-state index contributed by atoms with van der Waals surface area (Å²) in [6.45, 7) is 4.20. The van der Waals surface area contributed by atoms with Gasteiger partial charge in [-0.05, 0) is 19.8 Å². The van der Waals surface area contributed by atoms with Crippen molar-refractivity contribution in [2.24, 2.45) is 0 Å². The zero-order chi connectivity index (χ0) is 12.5. The third kappa shape index (κ3) is 2.93. The van der Waals surface area contributed by atoms with Gasteiger partial charge in [-0.25, -0.2) is 0 Å². The lowest BCUT2D eigenvalue weighted by Crippen LogP contribution is -2.58. The van der Waals surface area contributed by atoms with E-state index in [1.165, 1.54) is 6.92 Å². The molecule has 0 unspecified atom stereocenters. The van der Waals surface area contributed by atoms with E-state index in [1.807, 2.05) is 6.92 Å². The number of alkyl halides is 1. The number of esters is 1. The first-order valence-electron chi connectivity index (χ1n) is 6.16. The van der Waals surface area contributed by atoms with Crippen molar-refractivity contribution >= 4 is 28.6 Å². The van der Waals surface area contributed by atoms with Gasteiger partial charge in [-0.2, -0.15) is 0 Å². The summed E-state index contributed by atoms with van der Waals surface area (Å²) >= 11 is 2.31. The van der Waals surface area contributed by atoms with E-state index in [0.29, 0.717) is 0 Å². The summed E-state index contributed by atoms with van der Waals surface area (Å²) in [6.07, 6.45) is 3.81. The summed E-state index contributed by atoms with van der Waals surface area (Å²) in [5.41, 5.74) is 0. The number of hydrogen-bond donors (Lipinski definition) is 0. The van der Waals surface area contributed by atoms with E-state index in [0.717, 1.165) is 32.3 Å². The van der Waals surface area contributed by atoms with Crippen molar-refractivity contribution in [1.29, 1.82) is 0 Å². The topological polar surface area (TPSA) is 44.8 Å². The van der Waals surface area contributed by atoms with Crippen molar-refractivity contribution in [1.82, 2.24) is 0 Å². The number of carbonyl (C=O) groups is 1. The van der Waals surface area contributed by atoms with E-state index in [2.05, 4.69) is 22.6 Å². The quantitative estimate of drug-likeness (QED) is 0.412. The second-order valence-electron chi connectivity index (χ2n) is 4.83. The lowest BCUT2D eigenvalue weighted by atomic mass is 9.93. The molecule has 0 N–H and O–H groups in total. The fourth-order valence-electron chi connectivity index (χ4n) is 2.61. The molecule has 4 atom stereocenters. The first-order valence-corrected chi connectivity index (χ1v) is 7.41. The van der Waals surface area contributed by atoms with E-state index in [1.54, 1.807) is 0 Å². The van der Waals surface area contributed by atoms with Crippen LogP contribution in [-0.4, -0.2) is 34.5 Å². The van der Waals surface area contributed by atoms with Gasteiger partial charge < -0.3 is 14.2 Å². The Labute approximate surface area is 116 Å². The molecule has 0 saturated carbocycles. The Kier molecular flexibility index (Phi) is 4.31. The first-order chi connectivity index (χ1) is 8.03. The maximum atomic E-state index is 11.1. The van der Waals surface area contributed by atoms with Gasteiger partial charge in [0.15, 0.2) is 5.79 Å². The van der Waals surface area contributed by atoms with Crippen molar-refractivity contribution < 1.29 is 19.0 Å². The van der Waals surface area contributed by atoms with Gasteiger partial charge in [0.2, 0.25) is 0 Å². The van der Waals surface area contributed by atoms with Crippen LogP contribution in [0.3, 0.4) is 0 Å². The van der Waals surface area contributed by atoms with E-state index in [4.69, 9.17) is 14.2 Å². The molecule has 0 aromatic heterocycles. The highest BCUT2D eigenvalue weighted by Gasteiger charge is 2.51. The second-order valence-corrected chi connectivity index (χ2v) is 6.17. The molecule has 2 aliphatic heterocycles. The normalized spacial score (nSPS) is 42.4. The highest BCUT2D eigenvalue weighted by Crippen LogP contribution is 2.42. The molecule has 2 rings (SSSR count). The highest BCUT2D eigenvalue weighted by molar-refractivity contribution is 14.1. The predicted octanol–water partition coefficient (Wildman–Crippen LogP) is 2.43. The smallest absolute Gasteiger partial charge is 0.302 e. The summed E-state index contributed by atoms with van der Waals surface area (Å²) in [7, 11) is 0. The monoisotopic (exact) mass is 354 g/mol. The van der Waals surface area contributed by atoms with Crippen LogP contribution in [0.5, 0.6) is 0 Å². The lowest BCUT2D eigenvalue weighted by molar-refractivity contribution is -0.299. The maximum Gasteiger partial charge on any atom is 0.302 e. The molecule has 2 aliphatic rings. The van der Waals surface area contributed by atoms with E-state index in [-0.39, 0.29) is 22.1 Å². The molecule has 0 bridgehead atoms. The minimum Gasteiger partial charge on any atom is -0.461 e. The SMILES string of the molecule is CC(=O)O[C@@H]1C[C@H](C)O[C@]2(CCCCO2)[C@H]1I. The Morgan fingerprint density at radius 3 is 2.82 bits per heavy atom. The van der Waals surface area contributed by atoms with Crippen LogP contribution in [0, 0.1) is 0 Å². The third-order valence-electron chi connectivity index (χ3n) is 3.29. The third-order valence-corrected chi connectivity index (χ3v) is 5.05. The number of halogens is 1. The molecule has 2 fully saturated rings. The Hall–Kier alpha value is 0.120. The molecule has 4 nitrogen and oxygen atoms in total. The zero-order valence-electron chi connectivity index (χ0n) is 10.3. The minimum atomic E-state index is -0.545. The van der Waals surface area contributed by atoms with Crippen LogP contribution in [0.25, 0.3) is 0 Å². The molecule has 0 aromatic rings. The molecule has 0 aromatic carbocycles. The van der Waals surface area contributed by atoms with Crippen molar-refractivity contribution in [2.45, 2.75) is 61.5 Å². The standard InChI is InChI=1S/C12H19IO4/c1-8-7-10(16-9(2)14)11(13)12(17-8)5-3-4-6-15-12/h8,10-11H,3-7H2,1-2H3/t8-,10+,11-,12+/m0/s1. The van der Waals surface area contributed by atoms with Gasteiger partial charge in [0.05, 0.1) is 12.7 Å². The number of rotatable bonds is 1. The van der Waals surface area contributed by atoms with Gasteiger partial charge in [0.1, 0.15) is 10.0 Å². The zero-order valence-corrected chi connectivity index (χ0v) is 12.4. The van der Waals surface area contributed by atoms with Crippen molar-refractivity contribution in [2.75, 3.05) is 6.61 Å². The Bertz CT molecular complexity index is 288. The largest absolute Gasteiger partial charge is 0.461 e. The number of ether oxygens (including phenoxy) is 3.